The summed E-state index contributed by atoms with van der Waals surface area (Å²) in [5.74, 6) is 0.324. The van der Waals surface area contributed by atoms with Gasteiger partial charge in [-0.05, 0) is 42.9 Å². The summed E-state index contributed by atoms with van der Waals surface area (Å²) in [6.07, 6.45) is 1.39. The molecule has 0 aliphatic heterocycles. The maximum atomic E-state index is 12.6. The highest BCUT2D eigenvalue weighted by atomic mass is 32.2. The van der Waals surface area contributed by atoms with Crippen LogP contribution in [0.2, 0.25) is 0 Å². The zero-order valence-electron chi connectivity index (χ0n) is 10.3. The van der Waals surface area contributed by atoms with Crippen LogP contribution in [0.5, 0.6) is 5.75 Å². The van der Waals surface area contributed by atoms with Crippen LogP contribution in [0.25, 0.3) is 0 Å². The van der Waals surface area contributed by atoms with E-state index in [1.54, 1.807) is 12.1 Å². The predicted molar refractivity (Wildman–Crippen MR) is 70.7 cm³/mol. The number of carboxylic acids is 1. The first kappa shape index (κ1) is 14.8. The fourth-order valence-electron chi connectivity index (χ4n) is 1.37. The molecule has 0 saturated heterocycles. The van der Waals surface area contributed by atoms with Gasteiger partial charge in [0.05, 0.1) is 6.61 Å². The number of hydrogen-bond donors (Lipinski definition) is 1. The Morgan fingerprint density at radius 3 is 2.67 bits per heavy atom. The molecular formula is C13H17FO3S. The summed E-state index contributed by atoms with van der Waals surface area (Å²) in [7, 11) is 0. The molecule has 5 heteroatoms. The quantitative estimate of drug-likeness (QED) is 0.738. The van der Waals surface area contributed by atoms with E-state index in [-0.39, 0.29) is 11.1 Å². The van der Waals surface area contributed by atoms with Gasteiger partial charge in [-0.15, -0.1) is 11.8 Å². The van der Waals surface area contributed by atoms with Gasteiger partial charge in [-0.1, -0.05) is 6.92 Å². The van der Waals surface area contributed by atoms with Crippen molar-refractivity contribution in [2.24, 2.45) is 0 Å². The van der Waals surface area contributed by atoms with Crippen LogP contribution in [-0.4, -0.2) is 28.7 Å². The number of halogens is 1. The second kappa shape index (κ2) is 7.97. The van der Waals surface area contributed by atoms with Gasteiger partial charge < -0.3 is 9.84 Å². The Balaban J connectivity index is 2.15. The molecular weight excluding hydrogens is 255 g/mol. The van der Waals surface area contributed by atoms with Gasteiger partial charge in [-0.25, -0.2) is 4.39 Å². The fourth-order valence-corrected chi connectivity index (χ4v) is 2.32. The Morgan fingerprint density at radius 2 is 2.11 bits per heavy atom. The molecule has 0 radical (unpaired) electrons. The first-order valence-corrected chi connectivity index (χ1v) is 6.91. The lowest BCUT2D eigenvalue weighted by Crippen LogP contribution is -2.15. The normalized spacial score (nSPS) is 12.1. The maximum Gasteiger partial charge on any atom is 0.316 e. The molecule has 100 valence electrons. The van der Waals surface area contributed by atoms with Crippen molar-refractivity contribution in [2.75, 3.05) is 12.4 Å². The van der Waals surface area contributed by atoms with Gasteiger partial charge in [-0.3, -0.25) is 4.79 Å². The van der Waals surface area contributed by atoms with E-state index < -0.39 is 5.97 Å². The largest absolute Gasteiger partial charge is 0.494 e. The molecule has 18 heavy (non-hydrogen) atoms. The topological polar surface area (TPSA) is 46.5 Å². The molecule has 0 amide bonds. The Morgan fingerprint density at radius 1 is 1.44 bits per heavy atom. The molecule has 0 saturated carbocycles. The number of ether oxygens (including phenoxy) is 1. The van der Waals surface area contributed by atoms with Crippen molar-refractivity contribution < 1.29 is 19.0 Å². The van der Waals surface area contributed by atoms with Crippen molar-refractivity contribution in [1.82, 2.24) is 0 Å². The second-order valence-electron chi connectivity index (χ2n) is 3.76. The van der Waals surface area contributed by atoms with Gasteiger partial charge in [0.1, 0.15) is 16.8 Å². The highest BCUT2D eigenvalue weighted by Crippen LogP contribution is 2.16. The minimum atomic E-state index is -0.762. The van der Waals surface area contributed by atoms with E-state index in [0.29, 0.717) is 18.8 Å². The Labute approximate surface area is 110 Å². The van der Waals surface area contributed by atoms with E-state index in [1.807, 2.05) is 6.92 Å². The summed E-state index contributed by atoms with van der Waals surface area (Å²) in [4.78, 5) is 10.8. The molecule has 0 spiro atoms. The van der Waals surface area contributed by atoms with E-state index in [9.17, 15) is 9.18 Å². The highest BCUT2D eigenvalue weighted by Gasteiger charge is 2.14. The number of rotatable bonds is 8. The molecule has 1 rings (SSSR count). The minimum absolute atomic E-state index is 0.287. The van der Waals surface area contributed by atoms with Crippen LogP contribution in [0.4, 0.5) is 4.39 Å². The summed E-state index contributed by atoms with van der Waals surface area (Å²) >= 11 is 1.43. The first-order chi connectivity index (χ1) is 8.63. The summed E-state index contributed by atoms with van der Waals surface area (Å²) < 4.78 is 18.0. The zero-order chi connectivity index (χ0) is 13.4. The van der Waals surface area contributed by atoms with E-state index in [4.69, 9.17) is 9.84 Å². The lowest BCUT2D eigenvalue weighted by Gasteiger charge is -2.09. The van der Waals surface area contributed by atoms with E-state index in [2.05, 4.69) is 0 Å². The van der Waals surface area contributed by atoms with E-state index in [1.165, 1.54) is 23.9 Å². The molecule has 0 aliphatic carbocycles. The first-order valence-electron chi connectivity index (χ1n) is 5.86. The van der Waals surface area contributed by atoms with Crippen molar-refractivity contribution in [1.29, 1.82) is 0 Å². The van der Waals surface area contributed by atoms with E-state index in [0.717, 1.165) is 12.2 Å². The molecule has 0 heterocycles. The third-order valence-electron chi connectivity index (χ3n) is 2.34. The van der Waals surface area contributed by atoms with Gasteiger partial charge in [0.15, 0.2) is 0 Å². The summed E-state index contributed by atoms with van der Waals surface area (Å²) in [5.41, 5.74) is 0. The van der Waals surface area contributed by atoms with Gasteiger partial charge in [0.25, 0.3) is 0 Å². The molecule has 0 aliphatic rings. The van der Waals surface area contributed by atoms with Crippen molar-refractivity contribution >= 4 is 17.7 Å². The number of thioether (sulfide) groups is 1. The summed E-state index contributed by atoms with van der Waals surface area (Å²) in [6.45, 7) is 2.37. The van der Waals surface area contributed by atoms with Crippen LogP contribution in [0.1, 0.15) is 19.8 Å². The minimum Gasteiger partial charge on any atom is -0.494 e. The monoisotopic (exact) mass is 272 g/mol. The van der Waals surface area contributed by atoms with Gasteiger partial charge in [0.2, 0.25) is 0 Å². The Hall–Kier alpha value is -1.23. The van der Waals surface area contributed by atoms with Crippen LogP contribution in [0, 0.1) is 5.82 Å². The number of benzene rings is 1. The molecule has 0 aromatic heterocycles. The number of carboxylic acid groups (broad SMARTS) is 1. The number of hydrogen-bond acceptors (Lipinski definition) is 3. The molecule has 3 nitrogen and oxygen atoms in total. The van der Waals surface area contributed by atoms with Crippen molar-refractivity contribution in [3.8, 4) is 5.75 Å². The van der Waals surface area contributed by atoms with Crippen molar-refractivity contribution in [2.45, 2.75) is 25.0 Å². The molecule has 0 fully saturated rings. The third-order valence-corrected chi connectivity index (χ3v) is 3.80. The molecule has 1 aromatic carbocycles. The number of carbonyl (C=O) groups is 1. The molecule has 1 N–H and O–H groups in total. The van der Waals surface area contributed by atoms with Crippen LogP contribution in [0.15, 0.2) is 24.3 Å². The number of aliphatic carboxylic acids is 1. The standard InChI is InChI=1S/C13H17FO3S/c1-2-12(13(15)16)18-9-3-8-17-11-6-4-10(14)5-7-11/h4-7,12H,2-3,8-9H2,1H3,(H,15,16). The van der Waals surface area contributed by atoms with Crippen LogP contribution in [-0.2, 0) is 4.79 Å². The van der Waals surface area contributed by atoms with Crippen molar-refractivity contribution in [3.05, 3.63) is 30.1 Å². The van der Waals surface area contributed by atoms with Crippen LogP contribution < -0.4 is 4.74 Å². The molecule has 0 bridgehead atoms. The average Bonchev–Trinajstić information content (AvgIpc) is 2.35. The summed E-state index contributed by atoms with van der Waals surface area (Å²) in [6, 6.07) is 5.85. The lowest BCUT2D eigenvalue weighted by molar-refractivity contribution is -0.136. The van der Waals surface area contributed by atoms with Crippen LogP contribution in [0.3, 0.4) is 0 Å². The lowest BCUT2D eigenvalue weighted by atomic mass is 10.3. The summed E-state index contributed by atoms with van der Waals surface area (Å²) in [5, 5.41) is 8.51. The van der Waals surface area contributed by atoms with Gasteiger partial charge in [-0.2, -0.15) is 0 Å². The van der Waals surface area contributed by atoms with Gasteiger partial charge in [0, 0.05) is 0 Å². The fraction of sp³-hybridized carbons (Fsp3) is 0.462. The zero-order valence-corrected chi connectivity index (χ0v) is 11.1. The third kappa shape index (κ3) is 5.40. The van der Waals surface area contributed by atoms with Crippen molar-refractivity contribution in [3.63, 3.8) is 0 Å². The molecule has 1 unspecified atom stereocenters. The maximum absolute atomic E-state index is 12.6. The smallest absolute Gasteiger partial charge is 0.316 e. The van der Waals surface area contributed by atoms with Crippen LogP contribution >= 0.6 is 11.8 Å². The van der Waals surface area contributed by atoms with E-state index >= 15 is 0 Å². The Kier molecular flexibility index (Phi) is 6.57. The highest BCUT2D eigenvalue weighted by molar-refractivity contribution is 8.00. The molecule has 1 atom stereocenters. The van der Waals surface area contributed by atoms with Gasteiger partial charge >= 0.3 is 5.97 Å². The Bertz CT molecular complexity index is 367. The molecule has 1 aromatic rings. The predicted octanol–water partition coefficient (Wildman–Crippen LogP) is 3.19. The average molecular weight is 272 g/mol. The second-order valence-corrected chi connectivity index (χ2v) is 5.07. The SMILES string of the molecule is CCC(SCCCOc1ccc(F)cc1)C(=O)O.